The van der Waals surface area contributed by atoms with Crippen LogP contribution in [-0.4, -0.2) is 31.1 Å². The first-order valence-electron chi connectivity index (χ1n) is 8.04. The lowest BCUT2D eigenvalue weighted by molar-refractivity contribution is -0.156. The lowest BCUT2D eigenvalue weighted by atomic mass is 10.1. The third kappa shape index (κ3) is 5.26. The van der Waals surface area contributed by atoms with Crippen LogP contribution in [0.15, 0.2) is 42.5 Å². The number of carbonyl (C=O) groups excluding carboxylic acids is 2. The molecule has 0 spiro atoms. The maximum Gasteiger partial charge on any atom is 0.344 e. The molecule has 0 bridgehead atoms. The number of amides is 1. The highest BCUT2D eigenvalue weighted by Crippen LogP contribution is 2.20. The predicted molar refractivity (Wildman–Crippen MR) is 92.8 cm³/mol. The number of ether oxygens (including phenoxy) is 2. The van der Waals surface area contributed by atoms with Crippen molar-refractivity contribution in [2.75, 3.05) is 13.2 Å². The van der Waals surface area contributed by atoms with Crippen LogP contribution >= 0.6 is 0 Å². The van der Waals surface area contributed by atoms with E-state index in [0.717, 1.165) is 10.8 Å². The Morgan fingerprint density at radius 3 is 2.46 bits per heavy atom. The number of esters is 1. The Morgan fingerprint density at radius 2 is 1.75 bits per heavy atom. The van der Waals surface area contributed by atoms with E-state index in [-0.39, 0.29) is 12.5 Å². The molecule has 5 nitrogen and oxygen atoms in total. The van der Waals surface area contributed by atoms with Crippen LogP contribution in [-0.2, 0) is 14.3 Å². The second kappa shape index (κ2) is 8.34. The van der Waals surface area contributed by atoms with Crippen molar-refractivity contribution in [1.82, 2.24) is 5.32 Å². The fourth-order valence-electron chi connectivity index (χ4n) is 2.13. The van der Waals surface area contributed by atoms with Crippen LogP contribution in [0.5, 0.6) is 5.75 Å². The molecule has 2 aromatic carbocycles. The minimum Gasteiger partial charge on any atom is -0.482 e. The highest BCUT2D eigenvalue weighted by atomic mass is 16.6. The Bertz CT molecular complexity index is 711. The van der Waals surface area contributed by atoms with Gasteiger partial charge >= 0.3 is 5.97 Å². The molecular weight excluding hydrogens is 306 g/mol. The highest BCUT2D eigenvalue weighted by molar-refractivity contribution is 5.84. The molecule has 1 amide bonds. The fourth-order valence-corrected chi connectivity index (χ4v) is 2.13. The van der Waals surface area contributed by atoms with Gasteiger partial charge in [-0.1, -0.05) is 44.2 Å². The molecule has 0 fully saturated rings. The van der Waals surface area contributed by atoms with Crippen LogP contribution in [0.1, 0.15) is 20.8 Å². The van der Waals surface area contributed by atoms with E-state index < -0.39 is 12.1 Å². The normalized spacial score (nSPS) is 12.0. The van der Waals surface area contributed by atoms with Gasteiger partial charge in [-0.05, 0) is 35.7 Å². The van der Waals surface area contributed by atoms with Crippen molar-refractivity contribution in [3.8, 4) is 5.75 Å². The molecule has 0 saturated carbocycles. The summed E-state index contributed by atoms with van der Waals surface area (Å²) < 4.78 is 10.5. The standard InChI is InChI=1S/C19H23NO4/c1-13(2)11-20-19(22)14(3)24-18(21)12-23-17-9-8-15-6-4-5-7-16(15)10-17/h4-10,13-14H,11-12H2,1-3H3,(H,20,22). The average molecular weight is 329 g/mol. The Labute approximate surface area is 141 Å². The van der Waals surface area contributed by atoms with Crippen molar-refractivity contribution in [3.63, 3.8) is 0 Å². The highest BCUT2D eigenvalue weighted by Gasteiger charge is 2.18. The summed E-state index contributed by atoms with van der Waals surface area (Å²) in [5.74, 6) is 0.0498. The predicted octanol–water partition coefficient (Wildman–Crippen LogP) is 2.92. The van der Waals surface area contributed by atoms with Gasteiger partial charge in [-0.15, -0.1) is 0 Å². The molecule has 2 aromatic rings. The topological polar surface area (TPSA) is 64.6 Å². The fraction of sp³-hybridized carbons (Fsp3) is 0.368. The zero-order valence-corrected chi connectivity index (χ0v) is 14.2. The molecule has 24 heavy (non-hydrogen) atoms. The van der Waals surface area contributed by atoms with Crippen LogP contribution in [0.2, 0.25) is 0 Å². The van der Waals surface area contributed by atoms with Crippen molar-refractivity contribution in [2.24, 2.45) is 5.92 Å². The van der Waals surface area contributed by atoms with Gasteiger partial charge in [0.25, 0.3) is 5.91 Å². The van der Waals surface area contributed by atoms with Crippen molar-refractivity contribution in [2.45, 2.75) is 26.9 Å². The second-order valence-electron chi connectivity index (χ2n) is 6.07. The van der Waals surface area contributed by atoms with Crippen molar-refractivity contribution in [1.29, 1.82) is 0 Å². The number of hydrogen-bond acceptors (Lipinski definition) is 4. The van der Waals surface area contributed by atoms with Crippen LogP contribution in [0, 0.1) is 5.92 Å². The molecule has 2 rings (SSSR count). The molecule has 1 N–H and O–H groups in total. The zero-order valence-electron chi connectivity index (χ0n) is 14.2. The van der Waals surface area contributed by atoms with Crippen molar-refractivity contribution < 1.29 is 19.1 Å². The maximum atomic E-state index is 11.8. The number of hydrogen-bond donors (Lipinski definition) is 1. The van der Waals surface area contributed by atoms with Gasteiger partial charge in [-0.3, -0.25) is 4.79 Å². The summed E-state index contributed by atoms with van der Waals surface area (Å²) >= 11 is 0. The quantitative estimate of drug-likeness (QED) is 0.793. The molecule has 5 heteroatoms. The van der Waals surface area contributed by atoms with Crippen LogP contribution in [0.3, 0.4) is 0 Å². The van der Waals surface area contributed by atoms with Gasteiger partial charge in [0.2, 0.25) is 0 Å². The molecule has 0 heterocycles. The third-order valence-electron chi connectivity index (χ3n) is 3.44. The van der Waals surface area contributed by atoms with E-state index in [4.69, 9.17) is 9.47 Å². The van der Waals surface area contributed by atoms with E-state index in [1.807, 2.05) is 50.2 Å². The zero-order chi connectivity index (χ0) is 17.5. The molecule has 0 radical (unpaired) electrons. The molecule has 0 aliphatic heterocycles. The SMILES string of the molecule is CC(C)CNC(=O)C(C)OC(=O)COc1ccc2ccccc2c1. The third-order valence-corrected chi connectivity index (χ3v) is 3.44. The monoisotopic (exact) mass is 329 g/mol. The van der Waals surface area contributed by atoms with Gasteiger partial charge in [-0.25, -0.2) is 4.79 Å². The van der Waals surface area contributed by atoms with E-state index in [2.05, 4.69) is 5.32 Å². The molecule has 128 valence electrons. The van der Waals surface area contributed by atoms with Crippen LogP contribution < -0.4 is 10.1 Å². The van der Waals surface area contributed by atoms with Gasteiger partial charge < -0.3 is 14.8 Å². The first-order chi connectivity index (χ1) is 11.5. The van der Waals surface area contributed by atoms with E-state index in [0.29, 0.717) is 18.2 Å². The molecule has 0 aliphatic carbocycles. The Kier molecular flexibility index (Phi) is 6.18. The molecule has 0 saturated heterocycles. The van der Waals surface area contributed by atoms with Gasteiger partial charge in [0.1, 0.15) is 5.75 Å². The first kappa shape index (κ1) is 17.8. The number of nitrogens with one attached hydrogen (secondary N) is 1. The molecule has 1 unspecified atom stereocenters. The summed E-state index contributed by atoms with van der Waals surface area (Å²) in [5, 5.41) is 4.86. The molecular formula is C19H23NO4. The molecule has 0 aliphatic rings. The van der Waals surface area contributed by atoms with E-state index >= 15 is 0 Å². The maximum absolute atomic E-state index is 11.8. The van der Waals surface area contributed by atoms with Gasteiger partial charge in [0.05, 0.1) is 0 Å². The molecule has 0 aromatic heterocycles. The lowest BCUT2D eigenvalue weighted by Gasteiger charge is -2.15. The van der Waals surface area contributed by atoms with E-state index in [1.165, 1.54) is 0 Å². The summed E-state index contributed by atoms with van der Waals surface area (Å²) in [7, 11) is 0. The summed E-state index contributed by atoms with van der Waals surface area (Å²) in [6, 6.07) is 13.5. The van der Waals surface area contributed by atoms with E-state index in [9.17, 15) is 9.59 Å². The Hall–Kier alpha value is -2.56. The number of fused-ring (bicyclic) bond motifs is 1. The number of benzene rings is 2. The molecule has 1 atom stereocenters. The smallest absolute Gasteiger partial charge is 0.344 e. The van der Waals surface area contributed by atoms with Crippen LogP contribution in [0.25, 0.3) is 10.8 Å². The van der Waals surface area contributed by atoms with Crippen molar-refractivity contribution in [3.05, 3.63) is 42.5 Å². The first-order valence-corrected chi connectivity index (χ1v) is 8.04. The largest absolute Gasteiger partial charge is 0.482 e. The van der Waals surface area contributed by atoms with Crippen molar-refractivity contribution >= 4 is 22.6 Å². The van der Waals surface area contributed by atoms with Gasteiger partial charge in [-0.2, -0.15) is 0 Å². The Morgan fingerprint density at radius 1 is 1.04 bits per heavy atom. The summed E-state index contributed by atoms with van der Waals surface area (Å²) in [5.41, 5.74) is 0. The summed E-state index contributed by atoms with van der Waals surface area (Å²) in [4.78, 5) is 23.6. The minimum absolute atomic E-state index is 0.236. The second-order valence-corrected chi connectivity index (χ2v) is 6.07. The summed E-state index contributed by atoms with van der Waals surface area (Å²) in [6.45, 7) is 5.85. The van der Waals surface area contributed by atoms with Gasteiger partial charge in [0.15, 0.2) is 12.7 Å². The van der Waals surface area contributed by atoms with E-state index in [1.54, 1.807) is 13.0 Å². The number of carbonyl (C=O) groups is 2. The van der Waals surface area contributed by atoms with Crippen LogP contribution in [0.4, 0.5) is 0 Å². The number of rotatable bonds is 7. The average Bonchev–Trinajstić information content (AvgIpc) is 2.57. The lowest BCUT2D eigenvalue weighted by Crippen LogP contribution is -2.38. The van der Waals surface area contributed by atoms with Gasteiger partial charge in [0, 0.05) is 6.54 Å². The Balaban J connectivity index is 1.82. The summed E-state index contributed by atoms with van der Waals surface area (Å²) in [6.07, 6.45) is -0.837. The minimum atomic E-state index is -0.837.